The Hall–Kier alpha value is -2.17. The second kappa shape index (κ2) is 5.18. The molecule has 0 aliphatic carbocycles. The molecule has 2 saturated heterocycles. The van der Waals surface area contributed by atoms with Gasteiger partial charge in [0, 0.05) is 18.0 Å². The van der Waals surface area contributed by atoms with Crippen molar-refractivity contribution < 1.29 is 14.6 Å². The van der Waals surface area contributed by atoms with E-state index in [1.807, 2.05) is 67.6 Å². The van der Waals surface area contributed by atoms with Crippen LogP contribution in [0.2, 0.25) is 0 Å². The number of benzene rings is 2. The predicted molar refractivity (Wildman–Crippen MR) is 86.7 cm³/mol. The van der Waals surface area contributed by atoms with Crippen molar-refractivity contribution in [3.8, 4) is 0 Å². The van der Waals surface area contributed by atoms with Gasteiger partial charge in [-0.05, 0) is 23.6 Å². The van der Waals surface area contributed by atoms with Crippen molar-refractivity contribution >= 4 is 11.6 Å². The molecule has 2 heterocycles. The van der Waals surface area contributed by atoms with Gasteiger partial charge in [-0.2, -0.15) is 0 Å². The lowest BCUT2D eigenvalue weighted by Crippen LogP contribution is -2.48. The van der Waals surface area contributed by atoms with Gasteiger partial charge in [-0.25, -0.2) is 0 Å². The van der Waals surface area contributed by atoms with Crippen LogP contribution in [0.15, 0.2) is 60.7 Å². The number of carbonyl (C=O) groups is 1. The van der Waals surface area contributed by atoms with Crippen LogP contribution in [-0.2, 0) is 9.53 Å². The second-order valence-corrected chi connectivity index (χ2v) is 6.32. The van der Waals surface area contributed by atoms with Crippen LogP contribution in [0.25, 0.3) is 0 Å². The quantitative estimate of drug-likeness (QED) is 0.928. The maximum Gasteiger partial charge on any atom is 0.289 e. The smallest absolute Gasteiger partial charge is 0.289 e. The van der Waals surface area contributed by atoms with Crippen LogP contribution in [0.3, 0.4) is 0 Å². The van der Waals surface area contributed by atoms with Crippen LogP contribution in [0.4, 0.5) is 5.69 Å². The molecule has 0 aromatic heterocycles. The summed E-state index contributed by atoms with van der Waals surface area (Å²) in [6, 6.07) is 19.4. The minimum atomic E-state index is -1.75. The Balaban J connectivity index is 1.74. The van der Waals surface area contributed by atoms with Crippen LogP contribution >= 0.6 is 0 Å². The lowest BCUT2D eigenvalue weighted by molar-refractivity contribution is -0.239. The molecule has 4 atom stereocenters. The summed E-state index contributed by atoms with van der Waals surface area (Å²) < 4.78 is 5.76. The van der Waals surface area contributed by atoms with E-state index in [0.717, 1.165) is 11.3 Å². The molecule has 0 saturated carbocycles. The number of aliphatic hydroxyl groups is 1. The Morgan fingerprint density at radius 1 is 1.09 bits per heavy atom. The molecule has 4 rings (SSSR count). The topological polar surface area (TPSA) is 49.8 Å². The van der Waals surface area contributed by atoms with Crippen molar-refractivity contribution in [3.63, 3.8) is 0 Å². The number of anilines is 1. The maximum atomic E-state index is 12.8. The summed E-state index contributed by atoms with van der Waals surface area (Å²) >= 11 is 0. The third-order valence-electron chi connectivity index (χ3n) is 5.07. The van der Waals surface area contributed by atoms with Crippen LogP contribution in [0, 0.1) is 5.92 Å². The second-order valence-electron chi connectivity index (χ2n) is 6.32. The molecule has 118 valence electrons. The first-order chi connectivity index (χ1) is 11.1. The minimum Gasteiger partial charge on any atom is -0.358 e. The van der Waals surface area contributed by atoms with E-state index in [1.165, 1.54) is 0 Å². The lowest BCUT2D eigenvalue weighted by atomic mass is 9.78. The first-order valence-electron chi connectivity index (χ1n) is 7.95. The number of ether oxygens (including phenoxy) is 1. The fourth-order valence-corrected chi connectivity index (χ4v) is 3.76. The Morgan fingerprint density at radius 2 is 1.70 bits per heavy atom. The molecule has 0 unspecified atom stereocenters. The summed E-state index contributed by atoms with van der Waals surface area (Å²) in [6.45, 7) is 1.89. The van der Waals surface area contributed by atoms with Gasteiger partial charge in [0.1, 0.15) is 6.23 Å². The van der Waals surface area contributed by atoms with E-state index in [1.54, 1.807) is 4.90 Å². The molecule has 2 aliphatic heterocycles. The Bertz CT molecular complexity index is 718. The van der Waals surface area contributed by atoms with Crippen molar-refractivity contribution in [3.05, 3.63) is 66.2 Å². The summed E-state index contributed by atoms with van der Waals surface area (Å²) in [6.07, 6.45) is 0.241. The average molecular weight is 309 g/mol. The third-order valence-corrected chi connectivity index (χ3v) is 5.07. The molecule has 4 nitrogen and oxygen atoms in total. The standard InChI is InChI=1S/C19H19NO3/c1-13-16(14-8-4-2-5-9-14)12-17-20(15-10-6-3-7-11-15)18(21)19(13,22)23-17/h2-11,13,16-17,22H,12H2,1H3/t13-,16-,17+,19-/m1/s1. The van der Waals surface area contributed by atoms with Crippen molar-refractivity contribution in [2.24, 2.45) is 5.92 Å². The maximum absolute atomic E-state index is 12.8. The van der Waals surface area contributed by atoms with E-state index in [9.17, 15) is 9.90 Å². The average Bonchev–Trinajstić information content (AvgIpc) is 2.81. The summed E-state index contributed by atoms with van der Waals surface area (Å²) in [7, 11) is 0. The SMILES string of the molecule is C[C@@H]1[C@H](c2ccccc2)C[C@@H]2O[C@@]1(O)C(=O)N2c1ccccc1. The fraction of sp³-hybridized carbons (Fsp3) is 0.316. The van der Waals surface area contributed by atoms with E-state index in [4.69, 9.17) is 4.74 Å². The number of amides is 1. The van der Waals surface area contributed by atoms with Gasteiger partial charge < -0.3 is 9.84 Å². The van der Waals surface area contributed by atoms with Crippen molar-refractivity contribution in [1.29, 1.82) is 0 Å². The molecular weight excluding hydrogens is 290 g/mol. The predicted octanol–water partition coefficient (Wildman–Crippen LogP) is 2.89. The van der Waals surface area contributed by atoms with Gasteiger partial charge in [-0.1, -0.05) is 55.5 Å². The molecule has 2 aromatic carbocycles. The van der Waals surface area contributed by atoms with Gasteiger partial charge in [0.05, 0.1) is 0 Å². The van der Waals surface area contributed by atoms with Gasteiger partial charge in [0.15, 0.2) is 0 Å². The molecule has 1 N–H and O–H groups in total. The molecule has 2 aromatic rings. The molecule has 0 radical (unpaired) electrons. The van der Waals surface area contributed by atoms with Gasteiger partial charge >= 0.3 is 0 Å². The van der Waals surface area contributed by atoms with Gasteiger partial charge in [0.25, 0.3) is 11.7 Å². The zero-order valence-electron chi connectivity index (χ0n) is 12.9. The largest absolute Gasteiger partial charge is 0.358 e. The normalized spacial score (nSPS) is 33.0. The Labute approximate surface area is 135 Å². The van der Waals surface area contributed by atoms with Crippen LogP contribution in [0.1, 0.15) is 24.8 Å². The number of rotatable bonds is 2. The highest BCUT2D eigenvalue weighted by Crippen LogP contribution is 2.49. The Kier molecular flexibility index (Phi) is 3.25. The molecule has 23 heavy (non-hydrogen) atoms. The van der Waals surface area contributed by atoms with E-state index in [2.05, 4.69) is 0 Å². The number of fused-ring (bicyclic) bond motifs is 2. The molecule has 2 aliphatic rings. The third kappa shape index (κ3) is 2.10. The van der Waals surface area contributed by atoms with Crippen LogP contribution < -0.4 is 4.90 Å². The highest BCUT2D eigenvalue weighted by Gasteiger charge is 2.61. The fourth-order valence-electron chi connectivity index (χ4n) is 3.76. The first-order valence-corrected chi connectivity index (χ1v) is 7.95. The van der Waals surface area contributed by atoms with E-state index < -0.39 is 12.0 Å². The van der Waals surface area contributed by atoms with Gasteiger partial charge in [0.2, 0.25) is 0 Å². The number of hydrogen-bond donors (Lipinski definition) is 1. The number of para-hydroxylation sites is 1. The highest BCUT2D eigenvalue weighted by atomic mass is 16.7. The van der Waals surface area contributed by atoms with Gasteiger partial charge in [-0.3, -0.25) is 9.69 Å². The highest BCUT2D eigenvalue weighted by molar-refractivity contribution is 6.01. The van der Waals surface area contributed by atoms with E-state index in [-0.39, 0.29) is 17.7 Å². The molecular formula is C19H19NO3. The summed E-state index contributed by atoms with van der Waals surface area (Å²) in [4.78, 5) is 14.4. The zero-order valence-corrected chi connectivity index (χ0v) is 12.9. The first kappa shape index (κ1) is 14.4. The lowest BCUT2D eigenvalue weighted by Gasteiger charge is -2.38. The Morgan fingerprint density at radius 3 is 2.35 bits per heavy atom. The summed E-state index contributed by atoms with van der Waals surface area (Å²) in [5.41, 5.74) is 1.90. The molecule has 4 heteroatoms. The summed E-state index contributed by atoms with van der Waals surface area (Å²) in [5.74, 6) is -2.33. The number of hydrogen-bond acceptors (Lipinski definition) is 3. The van der Waals surface area contributed by atoms with Crippen LogP contribution in [-0.4, -0.2) is 23.0 Å². The number of carbonyl (C=O) groups excluding carboxylic acids is 1. The summed E-state index contributed by atoms with van der Waals surface area (Å²) in [5, 5.41) is 10.9. The van der Waals surface area contributed by atoms with Crippen molar-refractivity contribution in [2.45, 2.75) is 31.3 Å². The van der Waals surface area contributed by atoms with Crippen LogP contribution in [0.5, 0.6) is 0 Å². The monoisotopic (exact) mass is 309 g/mol. The minimum absolute atomic E-state index is 0.0811. The van der Waals surface area contributed by atoms with E-state index in [0.29, 0.717) is 6.42 Å². The zero-order chi connectivity index (χ0) is 16.0. The molecule has 1 amide bonds. The molecule has 2 bridgehead atoms. The van der Waals surface area contributed by atoms with Gasteiger partial charge in [-0.15, -0.1) is 0 Å². The molecule has 2 fully saturated rings. The number of nitrogens with zero attached hydrogens (tertiary/aromatic N) is 1. The van der Waals surface area contributed by atoms with E-state index >= 15 is 0 Å². The molecule has 0 spiro atoms. The van der Waals surface area contributed by atoms with Crippen molar-refractivity contribution in [1.82, 2.24) is 0 Å². The van der Waals surface area contributed by atoms with Crippen molar-refractivity contribution in [2.75, 3.05) is 4.90 Å².